The van der Waals surface area contributed by atoms with Crippen molar-refractivity contribution in [2.45, 2.75) is 57.7 Å². The van der Waals surface area contributed by atoms with Gasteiger partial charge in [0.1, 0.15) is 9.88 Å². The molecule has 0 spiro atoms. The number of nitrogens with zero attached hydrogens (tertiary/aromatic N) is 6. The maximum Gasteiger partial charge on any atom is 0.416 e. The zero-order chi connectivity index (χ0) is 27.9. The van der Waals surface area contributed by atoms with Gasteiger partial charge >= 0.3 is 6.18 Å². The average Bonchev–Trinajstić information content (AvgIpc) is 3.29. The molecule has 0 radical (unpaired) electrons. The highest BCUT2D eigenvalue weighted by Crippen LogP contribution is 2.34. The van der Waals surface area contributed by atoms with E-state index in [9.17, 15) is 18.0 Å². The SMILES string of the molecule is Cc1nc(-c2ccc(C(F)(F)F)cc2)sc1C(=O)N1CCCc2nc(N3CCN(C4CCC4)CC3)ncc2CC1. The van der Waals surface area contributed by atoms with Crippen LogP contribution in [0.3, 0.4) is 0 Å². The molecule has 3 aromatic rings. The van der Waals surface area contributed by atoms with E-state index < -0.39 is 11.7 Å². The molecule has 0 N–H and O–H groups in total. The van der Waals surface area contributed by atoms with Crippen LogP contribution in [0.5, 0.6) is 0 Å². The number of carbonyl (C=O) groups excluding carboxylic acids is 1. The first kappa shape index (κ1) is 27.1. The highest BCUT2D eigenvalue weighted by Gasteiger charge is 2.31. The van der Waals surface area contributed by atoms with Gasteiger partial charge in [0, 0.05) is 62.8 Å². The van der Waals surface area contributed by atoms with Crippen molar-refractivity contribution < 1.29 is 18.0 Å². The molecule has 40 heavy (non-hydrogen) atoms. The molecule has 7 nitrogen and oxygen atoms in total. The van der Waals surface area contributed by atoms with E-state index in [1.807, 2.05) is 11.1 Å². The Bertz CT molecular complexity index is 1360. The molecule has 1 amide bonds. The Morgan fingerprint density at radius 2 is 1.70 bits per heavy atom. The number of carbonyl (C=O) groups is 1. The Balaban J connectivity index is 1.10. The lowest BCUT2D eigenvalue weighted by Gasteiger charge is -2.43. The Kier molecular flexibility index (Phi) is 7.52. The number of amides is 1. The van der Waals surface area contributed by atoms with Gasteiger partial charge in [-0.05, 0) is 56.7 Å². The van der Waals surface area contributed by atoms with Crippen molar-refractivity contribution in [1.82, 2.24) is 24.8 Å². The molecule has 3 aliphatic rings. The van der Waals surface area contributed by atoms with Crippen LogP contribution in [0.1, 0.15) is 57.9 Å². The summed E-state index contributed by atoms with van der Waals surface area (Å²) in [5, 5.41) is 0.543. The van der Waals surface area contributed by atoms with E-state index in [0.717, 1.165) is 74.4 Å². The molecular weight excluding hydrogens is 537 g/mol. The monoisotopic (exact) mass is 570 g/mol. The van der Waals surface area contributed by atoms with Crippen LogP contribution in [0.2, 0.25) is 0 Å². The van der Waals surface area contributed by atoms with Crippen LogP contribution in [-0.2, 0) is 19.0 Å². The predicted molar refractivity (Wildman–Crippen MR) is 149 cm³/mol. The fraction of sp³-hybridized carbons (Fsp3) is 0.517. The first-order chi connectivity index (χ1) is 19.3. The molecule has 1 saturated heterocycles. The maximum atomic E-state index is 13.5. The second-order valence-corrected chi connectivity index (χ2v) is 11.9. The molecule has 1 aliphatic carbocycles. The minimum atomic E-state index is -4.39. The van der Waals surface area contributed by atoms with Gasteiger partial charge in [0.15, 0.2) is 0 Å². The summed E-state index contributed by atoms with van der Waals surface area (Å²) in [6.07, 6.45) is 3.83. The third kappa shape index (κ3) is 5.58. The Morgan fingerprint density at radius 3 is 2.38 bits per heavy atom. The second-order valence-electron chi connectivity index (χ2n) is 10.9. The summed E-state index contributed by atoms with van der Waals surface area (Å²) in [4.78, 5) is 35.0. The van der Waals surface area contributed by atoms with Crippen LogP contribution in [0.4, 0.5) is 19.1 Å². The van der Waals surface area contributed by atoms with Crippen LogP contribution < -0.4 is 4.90 Å². The number of anilines is 1. The minimum absolute atomic E-state index is 0.0847. The van der Waals surface area contributed by atoms with Gasteiger partial charge in [-0.2, -0.15) is 13.2 Å². The third-order valence-electron chi connectivity index (χ3n) is 8.36. The van der Waals surface area contributed by atoms with Crippen molar-refractivity contribution in [3.8, 4) is 10.6 Å². The molecule has 6 rings (SSSR count). The van der Waals surface area contributed by atoms with Crippen LogP contribution in [0.25, 0.3) is 10.6 Å². The number of aromatic nitrogens is 3. The van der Waals surface area contributed by atoms with Gasteiger partial charge in [-0.25, -0.2) is 15.0 Å². The van der Waals surface area contributed by atoms with Crippen LogP contribution >= 0.6 is 11.3 Å². The molecule has 0 atom stereocenters. The van der Waals surface area contributed by atoms with Gasteiger partial charge in [-0.3, -0.25) is 9.69 Å². The molecule has 1 saturated carbocycles. The molecule has 1 aromatic carbocycles. The number of hydrogen-bond donors (Lipinski definition) is 0. The fourth-order valence-corrected chi connectivity index (χ4v) is 6.76. The van der Waals surface area contributed by atoms with Crippen molar-refractivity contribution >= 4 is 23.2 Å². The smallest absolute Gasteiger partial charge is 0.338 e. The topological polar surface area (TPSA) is 65.5 Å². The van der Waals surface area contributed by atoms with E-state index in [0.29, 0.717) is 40.7 Å². The summed E-state index contributed by atoms with van der Waals surface area (Å²) >= 11 is 1.23. The molecule has 4 heterocycles. The fourth-order valence-electron chi connectivity index (χ4n) is 5.72. The van der Waals surface area contributed by atoms with E-state index in [-0.39, 0.29) is 5.91 Å². The molecule has 11 heteroatoms. The summed E-state index contributed by atoms with van der Waals surface area (Å²) in [6, 6.07) is 5.68. The molecule has 2 fully saturated rings. The van der Waals surface area contributed by atoms with Gasteiger partial charge in [0.25, 0.3) is 5.91 Å². The van der Waals surface area contributed by atoms with E-state index in [2.05, 4.69) is 14.8 Å². The molecule has 212 valence electrons. The van der Waals surface area contributed by atoms with E-state index in [4.69, 9.17) is 9.97 Å². The highest BCUT2D eigenvalue weighted by molar-refractivity contribution is 7.17. The summed E-state index contributed by atoms with van der Waals surface area (Å²) in [5.41, 5.74) is 2.62. The number of fused-ring (bicyclic) bond motifs is 1. The van der Waals surface area contributed by atoms with E-state index in [1.165, 1.54) is 42.7 Å². The number of rotatable bonds is 4. The molecular formula is C29H33F3N6OS. The standard InChI is InChI=1S/C29H33F3N6OS/c1-19-25(40-26(34-19)20-7-9-22(10-8-20)29(30,31)32)27(39)37-12-3-6-24-21(11-13-37)18-33-28(35-24)38-16-14-36(15-17-38)23-4-2-5-23/h7-10,18,23H,2-6,11-17H2,1H3. The Morgan fingerprint density at radius 1 is 0.950 bits per heavy atom. The lowest BCUT2D eigenvalue weighted by atomic mass is 9.91. The summed E-state index contributed by atoms with van der Waals surface area (Å²) in [5.74, 6) is 0.732. The normalized spacial score (nSPS) is 19.1. The number of benzene rings is 1. The zero-order valence-corrected chi connectivity index (χ0v) is 23.4. The van der Waals surface area contributed by atoms with Crippen molar-refractivity contribution in [3.05, 3.63) is 57.9 Å². The molecule has 2 aromatic heterocycles. The number of thiazole rings is 1. The molecule has 2 aliphatic heterocycles. The number of aryl methyl sites for hydroxylation is 2. The largest absolute Gasteiger partial charge is 0.416 e. The molecule has 0 bridgehead atoms. The average molecular weight is 571 g/mol. The van der Waals surface area contributed by atoms with Gasteiger partial charge in [0.05, 0.1) is 11.3 Å². The van der Waals surface area contributed by atoms with E-state index in [1.54, 1.807) is 6.92 Å². The van der Waals surface area contributed by atoms with Gasteiger partial charge in [-0.1, -0.05) is 18.6 Å². The first-order valence-corrected chi connectivity index (χ1v) is 14.9. The zero-order valence-electron chi connectivity index (χ0n) is 22.6. The van der Waals surface area contributed by atoms with Crippen LogP contribution in [0.15, 0.2) is 30.5 Å². The number of hydrogen-bond acceptors (Lipinski definition) is 7. The maximum absolute atomic E-state index is 13.5. The third-order valence-corrected chi connectivity index (χ3v) is 9.55. The number of alkyl halides is 3. The first-order valence-electron chi connectivity index (χ1n) is 14.0. The number of halogens is 3. The lowest BCUT2D eigenvalue weighted by molar-refractivity contribution is -0.137. The van der Waals surface area contributed by atoms with Gasteiger partial charge in [0.2, 0.25) is 5.95 Å². The summed E-state index contributed by atoms with van der Waals surface area (Å²) < 4.78 is 38.8. The predicted octanol–water partition coefficient (Wildman–Crippen LogP) is 5.23. The van der Waals surface area contributed by atoms with E-state index >= 15 is 0 Å². The van der Waals surface area contributed by atoms with Gasteiger partial charge < -0.3 is 9.80 Å². The second kappa shape index (κ2) is 11.1. The van der Waals surface area contributed by atoms with Crippen molar-refractivity contribution in [2.24, 2.45) is 0 Å². The number of piperazine rings is 1. The van der Waals surface area contributed by atoms with Crippen molar-refractivity contribution in [1.29, 1.82) is 0 Å². The van der Waals surface area contributed by atoms with Gasteiger partial charge in [-0.15, -0.1) is 11.3 Å². The Hall–Kier alpha value is -3.05. The van der Waals surface area contributed by atoms with Crippen molar-refractivity contribution in [3.63, 3.8) is 0 Å². The molecule has 0 unspecified atom stereocenters. The van der Waals surface area contributed by atoms with Crippen LogP contribution in [-0.4, -0.2) is 76.0 Å². The quantitative estimate of drug-likeness (QED) is 0.428. The summed E-state index contributed by atoms with van der Waals surface area (Å²) in [6.45, 7) is 7.00. The lowest BCUT2D eigenvalue weighted by Crippen LogP contribution is -2.52. The van der Waals surface area contributed by atoms with Crippen molar-refractivity contribution in [2.75, 3.05) is 44.2 Å². The highest BCUT2D eigenvalue weighted by atomic mass is 32.1. The summed E-state index contributed by atoms with van der Waals surface area (Å²) in [7, 11) is 0. The van der Waals surface area contributed by atoms with Crippen LogP contribution in [0, 0.1) is 6.92 Å². The minimum Gasteiger partial charge on any atom is -0.338 e. The Labute approximate surface area is 236 Å².